The van der Waals surface area contributed by atoms with Crippen LogP contribution < -0.4 is 0 Å². The first-order valence-electron chi connectivity index (χ1n) is 9.62. The number of nitrogens with zero attached hydrogens (tertiary/aromatic N) is 7. The summed E-state index contributed by atoms with van der Waals surface area (Å²) < 4.78 is 48.5. The molecule has 0 saturated carbocycles. The van der Waals surface area contributed by atoms with Crippen LogP contribution in [0.2, 0.25) is 0 Å². The van der Waals surface area contributed by atoms with Gasteiger partial charge in [0.25, 0.3) is 0 Å². The van der Waals surface area contributed by atoms with E-state index in [0.717, 1.165) is 24.2 Å². The summed E-state index contributed by atoms with van der Waals surface area (Å²) in [5.74, 6) is 0.466. The number of aryl methyl sites for hydroxylation is 2. The van der Waals surface area contributed by atoms with Gasteiger partial charge in [-0.25, -0.2) is 9.50 Å². The van der Waals surface area contributed by atoms with Crippen LogP contribution in [0.4, 0.5) is 13.2 Å². The van der Waals surface area contributed by atoms with Gasteiger partial charge in [-0.1, -0.05) is 5.16 Å². The van der Waals surface area contributed by atoms with Gasteiger partial charge < -0.3 is 4.52 Å². The lowest BCUT2D eigenvalue weighted by molar-refractivity contribution is -0.142. The summed E-state index contributed by atoms with van der Waals surface area (Å²) in [6.45, 7) is 3.78. The zero-order valence-corrected chi connectivity index (χ0v) is 16.4. The molecular formula is C19H18F3N7O. The molecule has 0 N–H and O–H groups in total. The minimum Gasteiger partial charge on any atom is -0.337 e. The number of fused-ring (bicyclic) bond motifs is 2. The van der Waals surface area contributed by atoms with Gasteiger partial charge in [0, 0.05) is 22.6 Å². The molecule has 4 heterocycles. The molecule has 1 aliphatic rings. The van der Waals surface area contributed by atoms with Gasteiger partial charge in [0.2, 0.25) is 11.7 Å². The summed E-state index contributed by atoms with van der Waals surface area (Å²) in [4.78, 5) is 8.85. The second-order valence-corrected chi connectivity index (χ2v) is 7.48. The molecule has 8 nitrogen and oxygen atoms in total. The Labute approximate surface area is 168 Å². The van der Waals surface area contributed by atoms with Crippen molar-refractivity contribution in [2.45, 2.75) is 52.3 Å². The van der Waals surface area contributed by atoms with Gasteiger partial charge in [0.1, 0.15) is 6.54 Å². The molecule has 0 unspecified atom stereocenters. The van der Waals surface area contributed by atoms with Crippen molar-refractivity contribution >= 4 is 5.65 Å². The summed E-state index contributed by atoms with van der Waals surface area (Å²) in [7, 11) is 0. The predicted octanol–water partition coefficient (Wildman–Crippen LogP) is 3.54. The molecule has 0 aliphatic heterocycles. The molecule has 0 amide bonds. The number of rotatable bonds is 3. The molecule has 4 aromatic rings. The van der Waals surface area contributed by atoms with E-state index in [1.807, 2.05) is 19.9 Å². The molecule has 30 heavy (non-hydrogen) atoms. The van der Waals surface area contributed by atoms with E-state index < -0.39 is 11.9 Å². The number of hydrogen-bond acceptors (Lipinski definition) is 6. The Balaban J connectivity index is 1.50. The summed E-state index contributed by atoms with van der Waals surface area (Å²) >= 11 is 0. The molecule has 0 fully saturated rings. The molecule has 1 aliphatic carbocycles. The molecule has 4 aromatic heterocycles. The molecule has 5 rings (SSSR count). The topological polar surface area (TPSA) is 86.9 Å². The first kappa shape index (κ1) is 18.8. The average molecular weight is 417 g/mol. The quantitative estimate of drug-likeness (QED) is 0.507. The maximum Gasteiger partial charge on any atom is 0.435 e. The Kier molecular flexibility index (Phi) is 4.16. The van der Waals surface area contributed by atoms with Gasteiger partial charge in [0.05, 0.1) is 11.8 Å². The van der Waals surface area contributed by atoms with Gasteiger partial charge in [-0.2, -0.15) is 28.4 Å². The van der Waals surface area contributed by atoms with Crippen LogP contribution in [0, 0.1) is 13.8 Å². The number of halogens is 3. The van der Waals surface area contributed by atoms with Crippen LogP contribution in [-0.2, 0) is 25.6 Å². The molecule has 0 aromatic carbocycles. The smallest absolute Gasteiger partial charge is 0.337 e. The van der Waals surface area contributed by atoms with Crippen molar-refractivity contribution in [3.8, 4) is 11.4 Å². The number of alkyl halides is 3. The van der Waals surface area contributed by atoms with Crippen LogP contribution in [-0.4, -0.2) is 34.5 Å². The van der Waals surface area contributed by atoms with Crippen LogP contribution in [0.3, 0.4) is 0 Å². The van der Waals surface area contributed by atoms with Gasteiger partial charge >= 0.3 is 6.18 Å². The Morgan fingerprint density at radius 2 is 1.93 bits per heavy atom. The SMILES string of the molecule is Cc1cc(C)n2ncc(-c3noc(Cn4nc(C(F)(F)F)c5c4CCCC5)n3)c2n1. The average Bonchev–Trinajstić information content (AvgIpc) is 3.39. The molecule has 156 valence electrons. The van der Waals surface area contributed by atoms with Crippen LogP contribution in [0.15, 0.2) is 16.8 Å². The Hall–Kier alpha value is -3.24. The van der Waals surface area contributed by atoms with Gasteiger partial charge in [0.15, 0.2) is 11.3 Å². The summed E-state index contributed by atoms with van der Waals surface area (Å²) in [5.41, 5.74) is 2.99. The van der Waals surface area contributed by atoms with Gasteiger partial charge in [-0.05, 0) is 45.6 Å². The van der Waals surface area contributed by atoms with E-state index in [-0.39, 0.29) is 23.8 Å². The van der Waals surface area contributed by atoms with E-state index in [1.165, 1.54) is 4.68 Å². The van der Waals surface area contributed by atoms with Crippen molar-refractivity contribution in [3.63, 3.8) is 0 Å². The maximum atomic E-state index is 13.4. The Morgan fingerprint density at radius 3 is 2.73 bits per heavy atom. The van der Waals surface area contributed by atoms with E-state index in [4.69, 9.17) is 4.52 Å². The number of hydrogen-bond donors (Lipinski definition) is 0. The van der Waals surface area contributed by atoms with Crippen molar-refractivity contribution < 1.29 is 17.7 Å². The number of aromatic nitrogens is 7. The monoisotopic (exact) mass is 417 g/mol. The molecule has 0 spiro atoms. The van der Waals surface area contributed by atoms with Crippen LogP contribution in [0.25, 0.3) is 17.0 Å². The Morgan fingerprint density at radius 1 is 1.13 bits per heavy atom. The van der Waals surface area contributed by atoms with E-state index >= 15 is 0 Å². The molecule has 0 saturated heterocycles. The molecule has 0 radical (unpaired) electrons. The third-order valence-corrected chi connectivity index (χ3v) is 5.30. The standard InChI is InChI=1S/C19H18F3N7O/c1-10-7-11(2)29-18(24-10)13(8-23-29)17-25-15(30-27-17)9-28-14-6-4-3-5-12(14)16(26-28)19(20,21)22/h7-8H,3-6,9H2,1-2H3. The second-order valence-electron chi connectivity index (χ2n) is 7.48. The first-order valence-corrected chi connectivity index (χ1v) is 9.62. The van der Waals surface area contributed by atoms with Crippen LogP contribution >= 0.6 is 0 Å². The van der Waals surface area contributed by atoms with E-state index in [2.05, 4.69) is 25.3 Å². The highest BCUT2D eigenvalue weighted by atomic mass is 19.4. The van der Waals surface area contributed by atoms with Crippen molar-refractivity contribution in [2.24, 2.45) is 0 Å². The molecule has 11 heteroatoms. The largest absolute Gasteiger partial charge is 0.435 e. The normalized spacial score (nSPS) is 14.4. The van der Waals surface area contributed by atoms with Crippen molar-refractivity contribution in [1.29, 1.82) is 0 Å². The van der Waals surface area contributed by atoms with Crippen molar-refractivity contribution in [1.82, 2.24) is 34.5 Å². The zero-order chi connectivity index (χ0) is 21.0. The van der Waals surface area contributed by atoms with Crippen LogP contribution in [0.1, 0.15) is 47.1 Å². The third-order valence-electron chi connectivity index (χ3n) is 5.30. The predicted molar refractivity (Wildman–Crippen MR) is 98.7 cm³/mol. The van der Waals surface area contributed by atoms with Gasteiger partial charge in [-0.3, -0.25) is 4.68 Å². The minimum atomic E-state index is -4.48. The highest BCUT2D eigenvalue weighted by molar-refractivity contribution is 5.72. The highest BCUT2D eigenvalue weighted by Crippen LogP contribution is 2.36. The highest BCUT2D eigenvalue weighted by Gasteiger charge is 2.39. The fourth-order valence-corrected chi connectivity index (χ4v) is 4.01. The zero-order valence-electron chi connectivity index (χ0n) is 16.4. The lowest BCUT2D eigenvalue weighted by Crippen LogP contribution is -2.11. The summed E-state index contributed by atoms with van der Waals surface area (Å²) in [5, 5.41) is 12.1. The first-order chi connectivity index (χ1) is 14.3. The van der Waals surface area contributed by atoms with E-state index in [1.54, 1.807) is 10.7 Å². The molecule has 0 bridgehead atoms. The van der Waals surface area contributed by atoms with E-state index in [0.29, 0.717) is 29.7 Å². The minimum absolute atomic E-state index is 0.0177. The van der Waals surface area contributed by atoms with E-state index in [9.17, 15) is 13.2 Å². The third kappa shape index (κ3) is 3.04. The van der Waals surface area contributed by atoms with Crippen molar-refractivity contribution in [2.75, 3.05) is 0 Å². The maximum absolute atomic E-state index is 13.4. The Bertz CT molecular complexity index is 1250. The van der Waals surface area contributed by atoms with Crippen molar-refractivity contribution in [3.05, 3.63) is 46.5 Å². The summed E-state index contributed by atoms with van der Waals surface area (Å²) in [6.07, 6.45) is -0.390. The lowest BCUT2D eigenvalue weighted by Gasteiger charge is -2.14. The molecule has 0 atom stereocenters. The molecular weight excluding hydrogens is 399 g/mol. The fraction of sp³-hybridized carbons (Fsp3) is 0.421. The lowest BCUT2D eigenvalue weighted by atomic mass is 9.95. The van der Waals surface area contributed by atoms with Gasteiger partial charge in [-0.15, -0.1) is 0 Å². The van der Waals surface area contributed by atoms with Crippen LogP contribution in [0.5, 0.6) is 0 Å². The fourth-order valence-electron chi connectivity index (χ4n) is 4.01. The second kappa shape index (κ2) is 6.64. The summed E-state index contributed by atoms with van der Waals surface area (Å²) in [6, 6.07) is 1.91.